The highest BCUT2D eigenvalue weighted by molar-refractivity contribution is 9.10. The minimum atomic E-state index is -0.0972. The van der Waals surface area contributed by atoms with E-state index in [1.54, 1.807) is 17.1 Å². The van der Waals surface area contributed by atoms with Gasteiger partial charge in [-0.3, -0.25) is 14.6 Å². The molecule has 1 aliphatic rings. The number of hydrogen-bond acceptors (Lipinski definition) is 5. The first kappa shape index (κ1) is 25.1. The number of rotatable bonds is 7. The lowest BCUT2D eigenvalue weighted by molar-refractivity contribution is -0.114. The fraction of sp³-hybridized carbons (Fsp3) is 0.304. The number of fused-ring (bicyclic) bond motifs is 1. The van der Waals surface area contributed by atoms with Crippen molar-refractivity contribution < 1.29 is 9.53 Å². The van der Waals surface area contributed by atoms with Crippen molar-refractivity contribution in [3.8, 4) is 0 Å². The van der Waals surface area contributed by atoms with E-state index in [0.29, 0.717) is 16.7 Å². The fourth-order valence-corrected chi connectivity index (χ4v) is 5.19. The van der Waals surface area contributed by atoms with E-state index in [-0.39, 0.29) is 18.3 Å². The van der Waals surface area contributed by atoms with Crippen LogP contribution in [0.5, 0.6) is 0 Å². The maximum Gasteiger partial charge on any atom is 0.252 e. The van der Waals surface area contributed by atoms with Crippen molar-refractivity contribution in [1.29, 1.82) is 0 Å². The van der Waals surface area contributed by atoms with Gasteiger partial charge in [-0.1, -0.05) is 57.1 Å². The SMILES string of the molecule is Cl.O=C(/C=C/c1ccccc1Cl)N(CCCN1CCOCC1)c1nc2ccc(Br)cc2s1. The summed E-state index contributed by atoms with van der Waals surface area (Å²) in [7, 11) is 0. The monoisotopic (exact) mass is 555 g/mol. The van der Waals surface area contributed by atoms with Crippen molar-refractivity contribution >= 4 is 78.6 Å². The van der Waals surface area contributed by atoms with Crippen molar-refractivity contribution in [2.75, 3.05) is 44.3 Å². The molecule has 9 heteroatoms. The molecule has 1 aliphatic heterocycles. The summed E-state index contributed by atoms with van der Waals surface area (Å²) in [6, 6.07) is 13.5. The first-order valence-corrected chi connectivity index (χ1v) is 12.2. The molecule has 1 aromatic heterocycles. The van der Waals surface area contributed by atoms with Crippen LogP contribution in [-0.4, -0.2) is 55.2 Å². The molecule has 3 aromatic rings. The molecule has 0 N–H and O–H groups in total. The predicted molar refractivity (Wildman–Crippen MR) is 139 cm³/mol. The lowest BCUT2D eigenvalue weighted by Crippen LogP contribution is -2.39. The Bertz CT molecular complexity index is 1090. The van der Waals surface area contributed by atoms with Gasteiger partial charge in [0.1, 0.15) is 0 Å². The Hall–Kier alpha value is -1.48. The smallest absolute Gasteiger partial charge is 0.252 e. The average molecular weight is 557 g/mol. The summed E-state index contributed by atoms with van der Waals surface area (Å²) >= 11 is 11.3. The minimum Gasteiger partial charge on any atom is -0.379 e. The van der Waals surface area contributed by atoms with Crippen LogP contribution in [-0.2, 0) is 9.53 Å². The Labute approximate surface area is 211 Å². The lowest BCUT2D eigenvalue weighted by atomic mass is 10.2. The van der Waals surface area contributed by atoms with Crippen molar-refractivity contribution in [3.63, 3.8) is 0 Å². The molecule has 0 saturated carbocycles. The van der Waals surface area contributed by atoms with Crippen LogP contribution in [0.4, 0.5) is 5.13 Å². The number of ether oxygens (including phenoxy) is 1. The summed E-state index contributed by atoms with van der Waals surface area (Å²) in [6.45, 7) is 4.96. The van der Waals surface area contributed by atoms with Crippen LogP contribution in [0.1, 0.15) is 12.0 Å². The number of amides is 1. The Kier molecular flexibility index (Phi) is 9.52. The molecule has 0 radical (unpaired) electrons. The second kappa shape index (κ2) is 12.1. The molecule has 1 amide bonds. The number of aromatic nitrogens is 1. The Morgan fingerprint density at radius 1 is 1.25 bits per heavy atom. The number of hydrogen-bond donors (Lipinski definition) is 0. The van der Waals surface area contributed by atoms with E-state index >= 15 is 0 Å². The molecule has 170 valence electrons. The van der Waals surface area contributed by atoms with Gasteiger partial charge in [-0.25, -0.2) is 4.98 Å². The summed E-state index contributed by atoms with van der Waals surface area (Å²) in [5, 5.41) is 1.33. The third kappa shape index (κ3) is 6.53. The zero-order valence-corrected chi connectivity index (χ0v) is 21.4. The number of anilines is 1. The van der Waals surface area contributed by atoms with Crippen LogP contribution in [0.2, 0.25) is 5.02 Å². The van der Waals surface area contributed by atoms with Gasteiger partial charge in [-0.15, -0.1) is 12.4 Å². The molecule has 4 rings (SSSR count). The molecule has 0 bridgehead atoms. The maximum atomic E-state index is 13.2. The second-order valence-corrected chi connectivity index (χ2v) is 9.59. The van der Waals surface area contributed by atoms with E-state index in [0.717, 1.165) is 59.5 Å². The number of halogens is 3. The Morgan fingerprint density at radius 2 is 2.03 bits per heavy atom. The highest BCUT2D eigenvalue weighted by Gasteiger charge is 2.19. The van der Waals surface area contributed by atoms with E-state index in [4.69, 9.17) is 21.3 Å². The van der Waals surface area contributed by atoms with E-state index in [1.165, 1.54) is 11.3 Å². The zero-order chi connectivity index (χ0) is 21.6. The first-order chi connectivity index (χ1) is 15.1. The number of benzene rings is 2. The van der Waals surface area contributed by atoms with Crippen LogP contribution >= 0.6 is 51.3 Å². The highest BCUT2D eigenvalue weighted by atomic mass is 79.9. The van der Waals surface area contributed by atoms with Crippen molar-refractivity contribution in [2.45, 2.75) is 6.42 Å². The fourth-order valence-electron chi connectivity index (χ4n) is 3.44. The van der Waals surface area contributed by atoms with Crippen molar-refractivity contribution in [1.82, 2.24) is 9.88 Å². The number of carbonyl (C=O) groups excluding carboxylic acids is 1. The topological polar surface area (TPSA) is 45.7 Å². The van der Waals surface area contributed by atoms with E-state index in [2.05, 4.69) is 20.8 Å². The summed E-state index contributed by atoms with van der Waals surface area (Å²) in [6.07, 6.45) is 4.22. The Balaban J connectivity index is 0.00000289. The second-order valence-electron chi connectivity index (χ2n) is 7.26. The van der Waals surface area contributed by atoms with Crippen molar-refractivity contribution in [3.05, 3.63) is 63.6 Å². The van der Waals surface area contributed by atoms with Gasteiger partial charge in [-0.2, -0.15) is 0 Å². The molecule has 0 unspecified atom stereocenters. The summed E-state index contributed by atoms with van der Waals surface area (Å²) in [5.74, 6) is -0.0972. The third-order valence-corrected chi connectivity index (χ3v) is 6.99. The molecule has 2 heterocycles. The van der Waals surface area contributed by atoms with Crippen LogP contribution < -0.4 is 4.90 Å². The van der Waals surface area contributed by atoms with Gasteiger partial charge in [0.15, 0.2) is 5.13 Å². The molecule has 5 nitrogen and oxygen atoms in total. The van der Waals surface area contributed by atoms with Gasteiger partial charge in [0.2, 0.25) is 0 Å². The summed E-state index contributed by atoms with van der Waals surface area (Å²) in [5.41, 5.74) is 1.71. The van der Waals surface area contributed by atoms with Gasteiger partial charge in [0.25, 0.3) is 5.91 Å². The molecular formula is C23H24BrCl2N3O2S. The highest BCUT2D eigenvalue weighted by Crippen LogP contribution is 2.31. The van der Waals surface area contributed by atoms with E-state index < -0.39 is 0 Å². The maximum absolute atomic E-state index is 13.2. The molecule has 0 aliphatic carbocycles. The number of thiazole rings is 1. The van der Waals surface area contributed by atoms with Gasteiger partial charge in [0, 0.05) is 41.8 Å². The number of morpholine rings is 1. The first-order valence-electron chi connectivity index (χ1n) is 10.2. The van der Waals surface area contributed by atoms with Crippen LogP contribution in [0.3, 0.4) is 0 Å². The van der Waals surface area contributed by atoms with Crippen LogP contribution in [0.15, 0.2) is 53.0 Å². The van der Waals surface area contributed by atoms with Crippen molar-refractivity contribution in [2.24, 2.45) is 0 Å². The van der Waals surface area contributed by atoms with E-state index in [9.17, 15) is 4.79 Å². The molecule has 1 saturated heterocycles. The molecule has 0 atom stereocenters. The van der Waals surface area contributed by atoms with Gasteiger partial charge >= 0.3 is 0 Å². The standard InChI is InChI=1S/C23H23BrClN3O2S.ClH/c24-18-7-8-20-21(16-18)31-23(26-20)28(11-3-10-27-12-14-30-15-13-27)22(29)9-6-17-4-1-2-5-19(17)25;/h1-2,4-9,16H,3,10-15H2;1H/b9-6+;. The average Bonchev–Trinajstić information content (AvgIpc) is 3.19. The number of carbonyl (C=O) groups is 1. The normalized spacial score (nSPS) is 14.6. The molecule has 32 heavy (non-hydrogen) atoms. The quantitative estimate of drug-likeness (QED) is 0.340. The molecule has 1 fully saturated rings. The van der Waals surface area contributed by atoms with Crippen LogP contribution in [0, 0.1) is 0 Å². The third-order valence-electron chi connectivity index (χ3n) is 5.11. The lowest BCUT2D eigenvalue weighted by Gasteiger charge is -2.27. The van der Waals surface area contributed by atoms with E-state index in [1.807, 2.05) is 42.5 Å². The summed E-state index contributed by atoms with van der Waals surface area (Å²) in [4.78, 5) is 22.0. The van der Waals surface area contributed by atoms with Gasteiger partial charge in [-0.05, 0) is 42.3 Å². The summed E-state index contributed by atoms with van der Waals surface area (Å²) < 4.78 is 7.47. The van der Waals surface area contributed by atoms with Gasteiger partial charge in [0.05, 0.1) is 23.4 Å². The minimum absolute atomic E-state index is 0. The molecular weight excluding hydrogens is 533 g/mol. The van der Waals surface area contributed by atoms with Crippen LogP contribution in [0.25, 0.3) is 16.3 Å². The Morgan fingerprint density at radius 3 is 2.81 bits per heavy atom. The largest absolute Gasteiger partial charge is 0.379 e. The molecule has 2 aromatic carbocycles. The number of nitrogens with zero attached hydrogens (tertiary/aromatic N) is 3. The molecule has 0 spiro atoms. The zero-order valence-electron chi connectivity index (χ0n) is 17.4. The predicted octanol–water partition coefficient (Wildman–Crippen LogP) is 5.90. The van der Waals surface area contributed by atoms with Gasteiger partial charge < -0.3 is 4.74 Å².